The Morgan fingerprint density at radius 2 is 1.66 bits per heavy atom. The van der Waals surface area contributed by atoms with E-state index in [2.05, 4.69) is 46.0 Å². The summed E-state index contributed by atoms with van der Waals surface area (Å²) in [5.74, 6) is -0.788. The Hall–Kier alpha value is -6.58. The lowest BCUT2D eigenvalue weighted by Gasteiger charge is -2.42. The number of β-amino-alcohol motifs (C(OH)–C–C–N with tert-alkyl or cyclic N) is 1. The van der Waals surface area contributed by atoms with Crippen LogP contribution in [-0.4, -0.2) is 153 Å². The SMILES string of the molecule is COc1cc2ncnc(Nc3ccc(F)c(Cl)c3)c2cc1NC(=O)/C=C/CN1CCC(N2CCN(C(=O)CCCCCCC(=O)N[C@H](C(=O)N3C[C@H](O)C[C@H]3C(=O)NCc3ccc(-c4scnc4C)cc3)C(C)(C)C)CC2)CC1. The fraction of sp³-hybridized carbons (Fsp3) is 0.483. The van der Waals surface area contributed by atoms with Crippen LogP contribution in [0.4, 0.5) is 21.6 Å². The third kappa shape index (κ3) is 15.6. The van der Waals surface area contributed by atoms with Crippen LogP contribution in [0.1, 0.15) is 89.8 Å². The molecule has 79 heavy (non-hydrogen) atoms. The van der Waals surface area contributed by atoms with Gasteiger partial charge in [0, 0.05) is 94.3 Å². The van der Waals surface area contributed by atoms with Crippen molar-refractivity contribution < 1.29 is 38.2 Å². The molecule has 0 saturated carbocycles. The smallest absolute Gasteiger partial charge is 0.248 e. The molecule has 5 N–H and O–H groups in total. The zero-order valence-electron chi connectivity index (χ0n) is 45.7. The standard InChI is InChI=1S/C58H73ClFN11O7S/c1-37-53(79-36-64-37)39-16-14-38(15-17-39)33-61-56(76)48-30-42(72)34-71(48)57(77)54(58(2,3)4)67-51(74)11-8-6-7-9-13-52(75)70-27-25-69(26-28-70)41-20-23-68(24-21-41)22-10-12-50(73)66-47-31-43-46(32-49(47)78-5)62-35-63-55(43)65-40-18-19-45(60)44(59)29-40/h10,12,14-19,29,31-32,35-36,41-42,48,54,72H,6-9,11,13,20-28,30,33-34H2,1-5H3,(H,61,76)(H,66,73)(H,67,74)(H,62,63,65)/b12-10+/t42-,48+,54-/m1/s1. The number of amides is 5. The van der Waals surface area contributed by atoms with Crippen LogP contribution >= 0.6 is 22.9 Å². The Morgan fingerprint density at radius 3 is 2.34 bits per heavy atom. The zero-order chi connectivity index (χ0) is 56.2. The number of aryl methyl sites for hydroxylation is 1. The van der Waals surface area contributed by atoms with Gasteiger partial charge in [-0.25, -0.2) is 19.3 Å². The third-order valence-corrected chi connectivity index (χ3v) is 16.3. The number of aromatic nitrogens is 3. The molecule has 2 aromatic heterocycles. The van der Waals surface area contributed by atoms with Gasteiger partial charge >= 0.3 is 0 Å². The zero-order valence-corrected chi connectivity index (χ0v) is 47.3. The molecule has 5 amide bonds. The molecule has 5 heterocycles. The van der Waals surface area contributed by atoms with Gasteiger partial charge < -0.3 is 40.9 Å². The first-order valence-corrected chi connectivity index (χ1v) is 28.5. The number of piperidine rings is 1. The number of carbonyl (C=O) groups is 5. The van der Waals surface area contributed by atoms with Crippen molar-refractivity contribution in [2.75, 3.05) is 70.1 Å². The van der Waals surface area contributed by atoms with Crippen LogP contribution in [0.3, 0.4) is 0 Å². The molecule has 3 aliphatic rings. The average molecular weight is 1120 g/mol. The Labute approximate surface area is 470 Å². The quantitative estimate of drug-likeness (QED) is 0.0350. The van der Waals surface area contributed by atoms with Gasteiger partial charge in [-0.05, 0) is 86.5 Å². The number of carbonyl (C=O) groups excluding carboxylic acids is 5. The van der Waals surface area contributed by atoms with E-state index in [1.807, 2.05) is 68.4 Å². The molecule has 8 rings (SSSR count). The number of ether oxygens (including phenoxy) is 1. The molecule has 0 spiro atoms. The lowest BCUT2D eigenvalue weighted by molar-refractivity contribution is -0.144. The maximum absolute atomic E-state index is 14.1. The van der Waals surface area contributed by atoms with Crippen LogP contribution in [0.2, 0.25) is 5.02 Å². The number of nitrogens with one attached hydrogen (secondary N) is 4. The predicted molar refractivity (Wildman–Crippen MR) is 306 cm³/mol. The van der Waals surface area contributed by atoms with Gasteiger partial charge in [0.05, 0.1) is 45.5 Å². The van der Waals surface area contributed by atoms with Gasteiger partial charge in [-0.2, -0.15) is 0 Å². The summed E-state index contributed by atoms with van der Waals surface area (Å²) >= 11 is 7.56. The molecule has 5 aromatic rings. The molecule has 0 aliphatic carbocycles. The maximum atomic E-state index is 14.1. The fourth-order valence-corrected chi connectivity index (χ4v) is 11.5. The minimum absolute atomic E-state index is 0.00728. The molecule has 0 radical (unpaired) electrons. The number of nitrogens with zero attached hydrogens (tertiary/aromatic N) is 7. The monoisotopic (exact) mass is 1120 g/mol. The van der Waals surface area contributed by atoms with Crippen molar-refractivity contribution in [3.05, 3.63) is 101 Å². The van der Waals surface area contributed by atoms with E-state index in [1.54, 1.807) is 29.5 Å². The molecule has 3 saturated heterocycles. The molecule has 3 aliphatic heterocycles. The van der Waals surface area contributed by atoms with Gasteiger partial charge in [-0.1, -0.05) is 75.6 Å². The van der Waals surface area contributed by atoms with Gasteiger partial charge in [0.15, 0.2) is 0 Å². The van der Waals surface area contributed by atoms with Crippen LogP contribution in [0.15, 0.2) is 78.6 Å². The summed E-state index contributed by atoms with van der Waals surface area (Å²) in [5, 5.41) is 23.2. The van der Waals surface area contributed by atoms with Crippen LogP contribution in [-0.2, 0) is 30.5 Å². The number of methoxy groups -OCH3 is 1. The number of benzene rings is 3. The van der Waals surface area contributed by atoms with Crippen LogP contribution in [0.25, 0.3) is 21.3 Å². The third-order valence-electron chi connectivity index (χ3n) is 15.0. The number of fused-ring (bicyclic) bond motifs is 1. The number of piperazine rings is 1. The largest absolute Gasteiger partial charge is 0.494 e. The van der Waals surface area contributed by atoms with Gasteiger partial charge in [0.1, 0.15) is 35.8 Å². The van der Waals surface area contributed by atoms with Gasteiger partial charge in [0.25, 0.3) is 0 Å². The van der Waals surface area contributed by atoms with E-state index in [1.165, 1.54) is 36.5 Å². The molecule has 0 unspecified atom stereocenters. The summed E-state index contributed by atoms with van der Waals surface area (Å²) in [7, 11) is 1.52. The molecule has 3 fully saturated rings. The number of anilines is 3. The Morgan fingerprint density at radius 1 is 0.924 bits per heavy atom. The minimum atomic E-state index is -0.894. The second-order valence-corrected chi connectivity index (χ2v) is 23.0. The summed E-state index contributed by atoms with van der Waals surface area (Å²) in [5.41, 5.74) is 5.64. The summed E-state index contributed by atoms with van der Waals surface area (Å²) in [6.45, 7) is 13.4. The number of halogens is 2. The second kappa shape index (κ2) is 27.1. The highest BCUT2D eigenvalue weighted by Crippen LogP contribution is 2.34. The summed E-state index contributed by atoms with van der Waals surface area (Å²) < 4.78 is 19.3. The number of likely N-dealkylation sites (tertiary alicyclic amines) is 2. The number of rotatable bonds is 21. The van der Waals surface area contributed by atoms with Crippen molar-refractivity contribution >= 4 is 80.6 Å². The molecule has 21 heteroatoms. The van der Waals surface area contributed by atoms with E-state index in [0.717, 1.165) is 80.0 Å². The summed E-state index contributed by atoms with van der Waals surface area (Å²) in [4.78, 5) is 89.5. The van der Waals surface area contributed by atoms with Crippen LogP contribution in [0, 0.1) is 18.2 Å². The number of thiazole rings is 1. The van der Waals surface area contributed by atoms with Crippen LogP contribution < -0.4 is 26.0 Å². The lowest BCUT2D eigenvalue weighted by Crippen LogP contribution is -2.57. The van der Waals surface area contributed by atoms with Gasteiger partial charge in [-0.15, -0.1) is 11.3 Å². The second-order valence-electron chi connectivity index (χ2n) is 21.7. The number of aliphatic hydroxyl groups excluding tert-OH is 1. The van der Waals surface area contributed by atoms with Crippen molar-refractivity contribution in [1.82, 2.24) is 45.2 Å². The van der Waals surface area contributed by atoms with E-state index in [9.17, 15) is 33.5 Å². The molecular formula is C58H73ClFN11O7S. The molecule has 3 aromatic carbocycles. The molecule has 3 atom stereocenters. The maximum Gasteiger partial charge on any atom is 0.248 e. The number of aliphatic hydroxyl groups is 1. The predicted octanol–water partition coefficient (Wildman–Crippen LogP) is 7.86. The normalized spacial score (nSPS) is 18.0. The first kappa shape index (κ1) is 58.6. The summed E-state index contributed by atoms with van der Waals surface area (Å²) in [6, 6.07) is 14.3. The van der Waals surface area contributed by atoms with Gasteiger partial charge in [-0.3, -0.25) is 33.8 Å². The Kier molecular flexibility index (Phi) is 20.1. The lowest BCUT2D eigenvalue weighted by atomic mass is 9.85. The topological polar surface area (TPSA) is 215 Å². The first-order chi connectivity index (χ1) is 37.9. The number of unbranched alkanes of at least 4 members (excludes halogenated alkanes) is 3. The minimum Gasteiger partial charge on any atom is -0.494 e. The molecule has 18 nitrogen and oxygen atoms in total. The van der Waals surface area contributed by atoms with E-state index >= 15 is 0 Å². The molecular weight excluding hydrogens is 1050 g/mol. The van der Waals surface area contributed by atoms with E-state index < -0.39 is 35.3 Å². The van der Waals surface area contributed by atoms with Crippen LogP contribution in [0.5, 0.6) is 5.75 Å². The highest BCUT2D eigenvalue weighted by molar-refractivity contribution is 7.13. The van der Waals surface area contributed by atoms with Crippen molar-refractivity contribution in [2.24, 2.45) is 5.41 Å². The highest BCUT2D eigenvalue weighted by atomic mass is 35.5. The Balaban J connectivity index is 0.695. The van der Waals surface area contributed by atoms with Gasteiger partial charge in [0.2, 0.25) is 29.5 Å². The number of hydrogen-bond donors (Lipinski definition) is 5. The fourth-order valence-electron chi connectivity index (χ4n) is 10.5. The summed E-state index contributed by atoms with van der Waals surface area (Å²) in [6.07, 6.45) is 9.68. The molecule has 0 bridgehead atoms. The van der Waals surface area contributed by atoms with Crippen molar-refractivity contribution in [2.45, 2.75) is 116 Å². The van der Waals surface area contributed by atoms with Crippen molar-refractivity contribution in [3.63, 3.8) is 0 Å². The van der Waals surface area contributed by atoms with Crippen molar-refractivity contribution in [1.29, 1.82) is 0 Å². The highest BCUT2D eigenvalue weighted by Gasteiger charge is 2.44. The van der Waals surface area contributed by atoms with E-state index in [0.29, 0.717) is 72.4 Å². The van der Waals surface area contributed by atoms with E-state index in [4.69, 9.17) is 16.3 Å². The molecule has 422 valence electrons. The Bertz CT molecular complexity index is 2980. The van der Waals surface area contributed by atoms with Crippen molar-refractivity contribution in [3.8, 4) is 16.2 Å². The first-order valence-electron chi connectivity index (χ1n) is 27.3. The average Bonchev–Trinajstić information content (AvgIpc) is 4.09. The van der Waals surface area contributed by atoms with E-state index in [-0.39, 0.29) is 54.6 Å². The number of hydrogen-bond acceptors (Lipinski definition) is 14.